The Hall–Kier alpha value is -2.86. The van der Waals surface area contributed by atoms with Gasteiger partial charge in [-0.25, -0.2) is 15.0 Å². The zero-order valence-corrected chi connectivity index (χ0v) is 14.1. The van der Waals surface area contributed by atoms with Crippen molar-refractivity contribution < 1.29 is 0 Å². The quantitative estimate of drug-likeness (QED) is 0.597. The molecular formula is C18H15N5S. The van der Waals surface area contributed by atoms with Gasteiger partial charge in [0.25, 0.3) is 0 Å². The Bertz CT molecular complexity index is 1010. The predicted molar refractivity (Wildman–Crippen MR) is 97.6 cm³/mol. The Morgan fingerprint density at radius 3 is 2.67 bits per heavy atom. The van der Waals surface area contributed by atoms with Crippen molar-refractivity contribution in [2.45, 2.75) is 13.8 Å². The van der Waals surface area contributed by atoms with Crippen LogP contribution in [0.15, 0.2) is 48.2 Å². The lowest BCUT2D eigenvalue weighted by atomic mass is 10.0. The van der Waals surface area contributed by atoms with Gasteiger partial charge in [0.05, 0.1) is 5.69 Å². The molecule has 4 aromatic rings. The van der Waals surface area contributed by atoms with E-state index in [2.05, 4.69) is 26.3 Å². The molecule has 0 aliphatic carbocycles. The van der Waals surface area contributed by atoms with Crippen LogP contribution in [0.1, 0.15) is 11.4 Å². The summed E-state index contributed by atoms with van der Waals surface area (Å²) in [5.41, 5.74) is 4.82. The first-order valence-corrected chi connectivity index (χ1v) is 8.44. The largest absolute Gasteiger partial charge is 0.314 e. The van der Waals surface area contributed by atoms with Crippen molar-refractivity contribution in [3.63, 3.8) is 0 Å². The maximum absolute atomic E-state index is 4.70. The highest BCUT2D eigenvalue weighted by molar-refractivity contribution is 7.13. The zero-order chi connectivity index (χ0) is 16.5. The number of nitrogens with one attached hydrogen (secondary N) is 1. The molecule has 1 N–H and O–H groups in total. The van der Waals surface area contributed by atoms with Gasteiger partial charge in [-0.15, -0.1) is 11.3 Å². The van der Waals surface area contributed by atoms with Crippen molar-refractivity contribution in [3.05, 3.63) is 59.6 Å². The lowest BCUT2D eigenvalue weighted by Gasteiger charge is -2.11. The fourth-order valence-electron chi connectivity index (χ4n) is 2.57. The minimum Gasteiger partial charge on any atom is -0.314 e. The second-order valence-electron chi connectivity index (χ2n) is 5.53. The van der Waals surface area contributed by atoms with Gasteiger partial charge in [-0.05, 0) is 26.0 Å². The van der Waals surface area contributed by atoms with E-state index < -0.39 is 0 Å². The van der Waals surface area contributed by atoms with Crippen molar-refractivity contribution in [2.24, 2.45) is 0 Å². The van der Waals surface area contributed by atoms with Crippen LogP contribution >= 0.6 is 11.3 Å². The number of thiazole rings is 1. The van der Waals surface area contributed by atoms with Crippen molar-refractivity contribution in [1.29, 1.82) is 0 Å². The average molecular weight is 333 g/mol. The Labute approximate surface area is 143 Å². The SMILES string of the molecule is Cc1csc(Nc2ncc(-c3cccnc3)c3ccc(C)nc23)n1. The summed E-state index contributed by atoms with van der Waals surface area (Å²) in [5, 5.41) is 7.16. The molecule has 0 aromatic carbocycles. The molecule has 0 atom stereocenters. The number of hydrogen-bond donors (Lipinski definition) is 1. The molecule has 0 saturated carbocycles. The highest BCUT2D eigenvalue weighted by Crippen LogP contribution is 2.32. The molecule has 0 spiro atoms. The second kappa shape index (κ2) is 5.98. The van der Waals surface area contributed by atoms with Crippen LogP contribution in [0, 0.1) is 13.8 Å². The van der Waals surface area contributed by atoms with Gasteiger partial charge >= 0.3 is 0 Å². The summed E-state index contributed by atoms with van der Waals surface area (Å²) in [6.45, 7) is 3.95. The molecular weight excluding hydrogens is 318 g/mol. The van der Waals surface area contributed by atoms with Crippen molar-refractivity contribution in [1.82, 2.24) is 19.9 Å². The summed E-state index contributed by atoms with van der Waals surface area (Å²) < 4.78 is 0. The van der Waals surface area contributed by atoms with Gasteiger partial charge in [0, 0.05) is 46.2 Å². The van der Waals surface area contributed by atoms with Crippen molar-refractivity contribution in [2.75, 3.05) is 5.32 Å². The Balaban J connectivity index is 1.89. The average Bonchev–Trinajstić information content (AvgIpc) is 3.01. The van der Waals surface area contributed by atoms with E-state index >= 15 is 0 Å². The van der Waals surface area contributed by atoms with E-state index in [9.17, 15) is 0 Å². The third kappa shape index (κ3) is 2.72. The highest BCUT2D eigenvalue weighted by Gasteiger charge is 2.12. The maximum atomic E-state index is 4.70. The topological polar surface area (TPSA) is 63.6 Å². The van der Waals surface area contributed by atoms with Crippen LogP contribution < -0.4 is 5.32 Å². The first-order valence-electron chi connectivity index (χ1n) is 7.56. The van der Waals surface area contributed by atoms with Gasteiger partial charge in [0.1, 0.15) is 5.52 Å². The first-order chi connectivity index (χ1) is 11.7. The van der Waals surface area contributed by atoms with E-state index in [-0.39, 0.29) is 0 Å². The lowest BCUT2D eigenvalue weighted by molar-refractivity contribution is 1.21. The van der Waals surface area contributed by atoms with Crippen LogP contribution in [0.4, 0.5) is 10.9 Å². The van der Waals surface area contributed by atoms with E-state index in [0.717, 1.165) is 44.4 Å². The summed E-state index contributed by atoms with van der Waals surface area (Å²) in [5.74, 6) is 0.718. The number of aromatic nitrogens is 4. The van der Waals surface area contributed by atoms with Gasteiger partial charge in [0.2, 0.25) is 0 Å². The minimum atomic E-state index is 0.718. The summed E-state index contributed by atoms with van der Waals surface area (Å²) in [6.07, 6.45) is 5.47. The molecule has 0 amide bonds. The smallest absolute Gasteiger partial charge is 0.188 e. The third-order valence-corrected chi connectivity index (χ3v) is 4.56. The molecule has 0 bridgehead atoms. The number of nitrogens with zero attached hydrogens (tertiary/aromatic N) is 4. The van der Waals surface area contributed by atoms with Gasteiger partial charge in [-0.3, -0.25) is 4.98 Å². The molecule has 0 fully saturated rings. The Morgan fingerprint density at radius 2 is 1.92 bits per heavy atom. The molecule has 0 unspecified atom stereocenters. The fourth-order valence-corrected chi connectivity index (χ4v) is 3.26. The van der Waals surface area contributed by atoms with Crippen LogP contribution in [-0.4, -0.2) is 19.9 Å². The van der Waals surface area contributed by atoms with E-state index in [1.807, 2.05) is 49.8 Å². The van der Waals surface area contributed by atoms with Gasteiger partial charge in [-0.2, -0.15) is 0 Å². The van der Waals surface area contributed by atoms with E-state index in [1.54, 1.807) is 17.5 Å². The number of hydrogen-bond acceptors (Lipinski definition) is 6. The van der Waals surface area contributed by atoms with Crippen molar-refractivity contribution in [3.8, 4) is 11.1 Å². The second-order valence-corrected chi connectivity index (χ2v) is 6.39. The molecule has 118 valence electrons. The third-order valence-electron chi connectivity index (χ3n) is 3.69. The van der Waals surface area contributed by atoms with E-state index in [4.69, 9.17) is 4.98 Å². The van der Waals surface area contributed by atoms with Crippen LogP contribution in [-0.2, 0) is 0 Å². The molecule has 0 aliphatic rings. The standard InChI is InChI=1S/C18H15N5S/c1-11-5-6-14-15(13-4-3-7-19-8-13)9-20-17(16(14)21-11)23-18-22-12(2)10-24-18/h3-10H,1-2H3,(H,20,22,23). The molecule has 6 heteroatoms. The highest BCUT2D eigenvalue weighted by atomic mass is 32.1. The summed E-state index contributed by atoms with van der Waals surface area (Å²) in [7, 11) is 0. The lowest BCUT2D eigenvalue weighted by Crippen LogP contribution is -1.98. The number of fused-ring (bicyclic) bond motifs is 1. The predicted octanol–water partition coefficient (Wildman–Crippen LogP) is 4.51. The molecule has 5 nitrogen and oxygen atoms in total. The molecule has 24 heavy (non-hydrogen) atoms. The van der Waals surface area contributed by atoms with Gasteiger partial charge in [0.15, 0.2) is 10.9 Å². The zero-order valence-electron chi connectivity index (χ0n) is 13.3. The maximum Gasteiger partial charge on any atom is 0.188 e. The summed E-state index contributed by atoms with van der Waals surface area (Å²) in [4.78, 5) is 17.9. The Kier molecular flexibility index (Phi) is 3.66. The van der Waals surface area contributed by atoms with Crippen LogP contribution in [0.5, 0.6) is 0 Å². The summed E-state index contributed by atoms with van der Waals surface area (Å²) in [6, 6.07) is 8.05. The van der Waals surface area contributed by atoms with Crippen LogP contribution in [0.25, 0.3) is 22.0 Å². The Morgan fingerprint density at radius 1 is 1.00 bits per heavy atom. The normalized spacial score (nSPS) is 10.9. The van der Waals surface area contributed by atoms with Crippen LogP contribution in [0.3, 0.4) is 0 Å². The van der Waals surface area contributed by atoms with E-state index in [0.29, 0.717) is 0 Å². The molecule has 4 rings (SSSR count). The number of pyridine rings is 3. The van der Waals surface area contributed by atoms with Crippen LogP contribution in [0.2, 0.25) is 0 Å². The summed E-state index contributed by atoms with van der Waals surface area (Å²) >= 11 is 1.56. The number of aryl methyl sites for hydroxylation is 2. The molecule has 4 aromatic heterocycles. The van der Waals surface area contributed by atoms with Crippen molar-refractivity contribution >= 4 is 33.2 Å². The van der Waals surface area contributed by atoms with Gasteiger partial charge in [-0.1, -0.05) is 12.1 Å². The van der Waals surface area contributed by atoms with E-state index in [1.165, 1.54) is 0 Å². The monoisotopic (exact) mass is 333 g/mol. The fraction of sp³-hybridized carbons (Fsp3) is 0.111. The van der Waals surface area contributed by atoms with Gasteiger partial charge < -0.3 is 5.32 Å². The number of rotatable bonds is 3. The number of anilines is 2. The molecule has 4 heterocycles. The first kappa shape index (κ1) is 14.7. The molecule has 0 radical (unpaired) electrons. The molecule has 0 saturated heterocycles. The molecule has 0 aliphatic heterocycles. The minimum absolute atomic E-state index is 0.718.